The van der Waals surface area contributed by atoms with Crippen molar-refractivity contribution in [1.29, 1.82) is 0 Å². The van der Waals surface area contributed by atoms with Crippen LogP contribution in [-0.4, -0.2) is 14.6 Å². The highest BCUT2D eigenvalue weighted by Gasteiger charge is 2.08. The Kier molecular flexibility index (Phi) is 2.08. The summed E-state index contributed by atoms with van der Waals surface area (Å²) < 4.78 is 1.68. The molecule has 84 valence electrons. The highest BCUT2D eigenvalue weighted by atomic mass is 15.3. The van der Waals surface area contributed by atoms with E-state index in [1.807, 2.05) is 43.3 Å². The first kappa shape index (κ1) is 9.84. The predicted octanol–water partition coefficient (Wildman–Crippen LogP) is 2.29. The van der Waals surface area contributed by atoms with Crippen LogP contribution in [-0.2, 0) is 0 Å². The van der Waals surface area contributed by atoms with Crippen molar-refractivity contribution in [1.82, 2.24) is 14.6 Å². The number of hydrogen-bond acceptors (Lipinski definition) is 3. The molecule has 0 atom stereocenters. The SMILES string of the molecule is Cc1cc2ncc(-c3ccccc3)c(N)n2n1. The van der Waals surface area contributed by atoms with Crippen LogP contribution >= 0.6 is 0 Å². The van der Waals surface area contributed by atoms with Gasteiger partial charge in [0.1, 0.15) is 5.82 Å². The molecule has 3 rings (SSSR count). The van der Waals surface area contributed by atoms with Gasteiger partial charge in [-0.2, -0.15) is 9.61 Å². The van der Waals surface area contributed by atoms with Gasteiger partial charge in [-0.15, -0.1) is 0 Å². The van der Waals surface area contributed by atoms with Gasteiger partial charge in [-0.1, -0.05) is 30.3 Å². The minimum atomic E-state index is 0.620. The van der Waals surface area contributed by atoms with E-state index in [4.69, 9.17) is 5.73 Å². The van der Waals surface area contributed by atoms with Gasteiger partial charge in [0.05, 0.1) is 5.69 Å². The van der Waals surface area contributed by atoms with Crippen molar-refractivity contribution >= 4 is 11.5 Å². The van der Waals surface area contributed by atoms with Gasteiger partial charge >= 0.3 is 0 Å². The average Bonchev–Trinajstić information content (AvgIpc) is 2.72. The molecule has 2 aromatic heterocycles. The molecule has 4 heteroatoms. The molecule has 0 bridgehead atoms. The number of aryl methyl sites for hydroxylation is 1. The van der Waals surface area contributed by atoms with Gasteiger partial charge < -0.3 is 5.73 Å². The van der Waals surface area contributed by atoms with Gasteiger partial charge in [0, 0.05) is 17.8 Å². The third-order valence-corrected chi connectivity index (χ3v) is 2.73. The van der Waals surface area contributed by atoms with Gasteiger partial charge in [0.15, 0.2) is 5.65 Å². The Morgan fingerprint density at radius 2 is 1.94 bits per heavy atom. The second kappa shape index (κ2) is 3.59. The second-order valence-electron chi connectivity index (χ2n) is 3.98. The number of hydrogen-bond donors (Lipinski definition) is 1. The van der Waals surface area contributed by atoms with Crippen LogP contribution in [0.1, 0.15) is 5.69 Å². The minimum absolute atomic E-state index is 0.620. The number of nitrogens with zero attached hydrogens (tertiary/aromatic N) is 3. The Morgan fingerprint density at radius 1 is 1.18 bits per heavy atom. The Bertz CT molecular complexity index is 670. The van der Waals surface area contributed by atoms with Crippen LogP contribution in [0.25, 0.3) is 16.8 Å². The molecule has 3 aromatic rings. The van der Waals surface area contributed by atoms with Crippen molar-refractivity contribution < 1.29 is 0 Å². The summed E-state index contributed by atoms with van der Waals surface area (Å²) in [6, 6.07) is 11.9. The molecule has 2 heterocycles. The van der Waals surface area contributed by atoms with Gasteiger partial charge in [0.2, 0.25) is 0 Å². The van der Waals surface area contributed by atoms with Crippen molar-refractivity contribution in [3.05, 3.63) is 48.3 Å². The molecule has 0 fully saturated rings. The lowest BCUT2D eigenvalue weighted by atomic mass is 10.1. The first-order valence-electron chi connectivity index (χ1n) is 5.42. The van der Waals surface area contributed by atoms with Crippen LogP contribution < -0.4 is 5.73 Å². The lowest BCUT2D eigenvalue weighted by Crippen LogP contribution is -2.02. The first-order valence-corrected chi connectivity index (χ1v) is 5.42. The fourth-order valence-electron chi connectivity index (χ4n) is 1.91. The molecule has 4 nitrogen and oxygen atoms in total. The molecule has 1 aromatic carbocycles. The number of fused-ring (bicyclic) bond motifs is 1. The topological polar surface area (TPSA) is 56.2 Å². The molecule has 0 amide bonds. The molecule has 0 aliphatic rings. The number of nitrogen functional groups attached to an aromatic ring is 1. The highest BCUT2D eigenvalue weighted by Crippen LogP contribution is 2.25. The highest BCUT2D eigenvalue weighted by molar-refractivity contribution is 5.74. The lowest BCUT2D eigenvalue weighted by Gasteiger charge is -2.06. The summed E-state index contributed by atoms with van der Waals surface area (Å²) in [5, 5.41) is 4.33. The summed E-state index contributed by atoms with van der Waals surface area (Å²) in [5.74, 6) is 0.620. The fourth-order valence-corrected chi connectivity index (χ4v) is 1.91. The standard InChI is InChI=1S/C13H12N4/c1-9-7-12-15-8-11(13(14)17(12)16-9)10-5-3-2-4-6-10/h2-8H,14H2,1H3. The number of nitrogens with two attached hydrogens (primary N) is 1. The van der Waals surface area contributed by atoms with Gasteiger partial charge in [-0.3, -0.25) is 0 Å². The van der Waals surface area contributed by atoms with Gasteiger partial charge in [0.25, 0.3) is 0 Å². The summed E-state index contributed by atoms with van der Waals surface area (Å²) in [4.78, 5) is 4.36. The number of benzene rings is 1. The second-order valence-corrected chi connectivity index (χ2v) is 3.98. The van der Waals surface area contributed by atoms with E-state index in [0.29, 0.717) is 5.82 Å². The summed E-state index contributed by atoms with van der Waals surface area (Å²) in [5.41, 5.74) is 9.77. The Hall–Kier alpha value is -2.36. The summed E-state index contributed by atoms with van der Waals surface area (Å²) >= 11 is 0. The quantitative estimate of drug-likeness (QED) is 0.690. The van der Waals surface area contributed by atoms with E-state index in [1.165, 1.54) is 0 Å². The normalized spacial score (nSPS) is 10.9. The number of aromatic nitrogens is 3. The minimum Gasteiger partial charge on any atom is -0.383 e. The Labute approximate surface area is 98.7 Å². The smallest absolute Gasteiger partial charge is 0.157 e. The molecule has 0 aliphatic carbocycles. The van der Waals surface area contributed by atoms with Crippen molar-refractivity contribution in [2.75, 3.05) is 5.73 Å². The van der Waals surface area contributed by atoms with E-state index in [1.54, 1.807) is 10.7 Å². The molecule has 0 aliphatic heterocycles. The molecule has 2 N–H and O–H groups in total. The van der Waals surface area contributed by atoms with Gasteiger partial charge in [-0.05, 0) is 12.5 Å². The average molecular weight is 224 g/mol. The van der Waals surface area contributed by atoms with Crippen LogP contribution in [0.3, 0.4) is 0 Å². The van der Waals surface area contributed by atoms with Crippen molar-refractivity contribution in [3.8, 4) is 11.1 Å². The zero-order valence-corrected chi connectivity index (χ0v) is 9.46. The van der Waals surface area contributed by atoms with E-state index >= 15 is 0 Å². The molecule has 0 unspecified atom stereocenters. The van der Waals surface area contributed by atoms with Crippen LogP contribution in [0.15, 0.2) is 42.6 Å². The number of rotatable bonds is 1. The molecular formula is C13H12N4. The molecule has 0 radical (unpaired) electrons. The first-order chi connectivity index (χ1) is 8.25. The largest absolute Gasteiger partial charge is 0.383 e. The monoisotopic (exact) mass is 224 g/mol. The van der Waals surface area contributed by atoms with Crippen molar-refractivity contribution in [2.45, 2.75) is 6.92 Å². The van der Waals surface area contributed by atoms with Crippen LogP contribution in [0, 0.1) is 6.92 Å². The van der Waals surface area contributed by atoms with Crippen LogP contribution in [0.2, 0.25) is 0 Å². The van der Waals surface area contributed by atoms with E-state index in [9.17, 15) is 0 Å². The maximum absolute atomic E-state index is 6.12. The molecule has 0 spiro atoms. The third-order valence-electron chi connectivity index (χ3n) is 2.73. The fraction of sp³-hybridized carbons (Fsp3) is 0.0769. The van der Waals surface area contributed by atoms with Crippen LogP contribution in [0.4, 0.5) is 5.82 Å². The maximum Gasteiger partial charge on any atom is 0.157 e. The lowest BCUT2D eigenvalue weighted by molar-refractivity contribution is 0.930. The van der Waals surface area contributed by atoms with E-state index in [2.05, 4.69) is 10.1 Å². The van der Waals surface area contributed by atoms with E-state index < -0.39 is 0 Å². The summed E-state index contributed by atoms with van der Waals surface area (Å²) in [7, 11) is 0. The Balaban J connectivity index is 2.28. The zero-order valence-electron chi connectivity index (χ0n) is 9.46. The zero-order chi connectivity index (χ0) is 11.8. The van der Waals surface area contributed by atoms with Crippen LogP contribution in [0.5, 0.6) is 0 Å². The van der Waals surface area contributed by atoms with Crippen molar-refractivity contribution in [2.24, 2.45) is 0 Å². The molecule has 0 saturated heterocycles. The molecular weight excluding hydrogens is 212 g/mol. The molecule has 0 saturated carbocycles. The van der Waals surface area contributed by atoms with E-state index in [0.717, 1.165) is 22.5 Å². The summed E-state index contributed by atoms with van der Waals surface area (Å²) in [6.07, 6.45) is 1.79. The number of anilines is 1. The van der Waals surface area contributed by atoms with Gasteiger partial charge in [-0.25, -0.2) is 4.98 Å². The predicted molar refractivity (Wildman–Crippen MR) is 67.6 cm³/mol. The summed E-state index contributed by atoms with van der Waals surface area (Å²) in [6.45, 7) is 1.93. The third kappa shape index (κ3) is 1.54. The van der Waals surface area contributed by atoms with Crippen molar-refractivity contribution in [3.63, 3.8) is 0 Å². The van der Waals surface area contributed by atoms with E-state index in [-0.39, 0.29) is 0 Å². The molecule has 17 heavy (non-hydrogen) atoms. The maximum atomic E-state index is 6.12. The Morgan fingerprint density at radius 3 is 2.71 bits per heavy atom.